The minimum atomic E-state index is -1.16. The standard InChI is InChI=1S/C12H18N2O3/c1-4-17-10(15)5-6-12(3,16)11-9(2)13-7-8-14-11/h7-8,16H,4-6H2,1-3H3. The maximum absolute atomic E-state index is 11.2. The fourth-order valence-electron chi connectivity index (χ4n) is 1.63. The maximum atomic E-state index is 11.2. The van der Waals surface area contributed by atoms with E-state index in [1.165, 1.54) is 6.20 Å². The molecule has 1 aromatic heterocycles. The third-order valence-electron chi connectivity index (χ3n) is 2.51. The summed E-state index contributed by atoms with van der Waals surface area (Å²) in [6.45, 7) is 5.51. The average molecular weight is 238 g/mol. The van der Waals surface area contributed by atoms with Crippen LogP contribution in [0.3, 0.4) is 0 Å². The quantitative estimate of drug-likeness (QED) is 0.783. The molecule has 0 saturated heterocycles. The summed E-state index contributed by atoms with van der Waals surface area (Å²) in [4.78, 5) is 19.4. The number of ether oxygens (including phenoxy) is 1. The van der Waals surface area contributed by atoms with E-state index in [2.05, 4.69) is 9.97 Å². The van der Waals surface area contributed by atoms with Crippen LogP contribution in [0.1, 0.15) is 38.1 Å². The molecule has 0 aliphatic heterocycles. The first-order chi connectivity index (χ1) is 7.97. The van der Waals surface area contributed by atoms with Gasteiger partial charge in [0.15, 0.2) is 0 Å². The topological polar surface area (TPSA) is 72.3 Å². The van der Waals surface area contributed by atoms with Crippen LogP contribution >= 0.6 is 0 Å². The lowest BCUT2D eigenvalue weighted by atomic mass is 9.94. The van der Waals surface area contributed by atoms with Crippen molar-refractivity contribution in [1.29, 1.82) is 0 Å². The Labute approximate surface area is 101 Å². The molecule has 0 spiro atoms. The van der Waals surface area contributed by atoms with Gasteiger partial charge in [-0.25, -0.2) is 0 Å². The molecule has 5 heteroatoms. The highest BCUT2D eigenvalue weighted by Gasteiger charge is 2.28. The van der Waals surface area contributed by atoms with Crippen molar-refractivity contribution in [2.45, 2.75) is 39.2 Å². The van der Waals surface area contributed by atoms with E-state index < -0.39 is 5.60 Å². The molecule has 0 fully saturated rings. The van der Waals surface area contributed by atoms with E-state index in [0.717, 1.165) is 0 Å². The number of aliphatic hydroxyl groups is 1. The summed E-state index contributed by atoms with van der Waals surface area (Å²) in [5.74, 6) is -0.311. The number of esters is 1. The second-order valence-corrected chi connectivity index (χ2v) is 4.07. The Kier molecular flexibility index (Phi) is 4.57. The summed E-state index contributed by atoms with van der Waals surface area (Å²) < 4.78 is 4.82. The van der Waals surface area contributed by atoms with Gasteiger partial charge in [-0.05, 0) is 27.2 Å². The third-order valence-corrected chi connectivity index (χ3v) is 2.51. The Bertz CT molecular complexity index is 391. The third kappa shape index (κ3) is 3.78. The van der Waals surface area contributed by atoms with E-state index in [1.807, 2.05) is 0 Å². The van der Waals surface area contributed by atoms with Gasteiger partial charge in [0.1, 0.15) is 5.60 Å². The Morgan fingerprint density at radius 3 is 2.71 bits per heavy atom. The maximum Gasteiger partial charge on any atom is 0.305 e. The molecule has 1 unspecified atom stereocenters. The van der Waals surface area contributed by atoms with Gasteiger partial charge in [0.05, 0.1) is 18.0 Å². The van der Waals surface area contributed by atoms with Crippen molar-refractivity contribution < 1.29 is 14.6 Å². The van der Waals surface area contributed by atoms with Gasteiger partial charge in [-0.1, -0.05) is 0 Å². The summed E-state index contributed by atoms with van der Waals surface area (Å²) in [6.07, 6.45) is 3.53. The minimum absolute atomic E-state index is 0.164. The molecule has 1 N–H and O–H groups in total. The van der Waals surface area contributed by atoms with Crippen LogP contribution in [-0.4, -0.2) is 27.7 Å². The fourth-order valence-corrected chi connectivity index (χ4v) is 1.63. The first-order valence-electron chi connectivity index (χ1n) is 5.63. The first kappa shape index (κ1) is 13.6. The molecule has 1 rings (SSSR count). The molecule has 0 saturated carbocycles. The predicted octanol–water partition coefficient (Wildman–Crippen LogP) is 1.34. The van der Waals surface area contributed by atoms with Crippen LogP contribution in [0.25, 0.3) is 0 Å². The van der Waals surface area contributed by atoms with Crippen LogP contribution in [0.5, 0.6) is 0 Å². The number of nitrogens with zero attached hydrogens (tertiary/aromatic N) is 2. The first-order valence-corrected chi connectivity index (χ1v) is 5.63. The highest BCUT2D eigenvalue weighted by Crippen LogP contribution is 2.25. The molecule has 1 aromatic rings. The average Bonchev–Trinajstić information content (AvgIpc) is 2.27. The van der Waals surface area contributed by atoms with E-state index in [-0.39, 0.29) is 18.8 Å². The van der Waals surface area contributed by atoms with Crippen LogP contribution in [0.15, 0.2) is 12.4 Å². The molecule has 0 aliphatic carbocycles. The molecule has 0 aliphatic rings. The SMILES string of the molecule is CCOC(=O)CCC(C)(O)c1nccnc1C. The molecule has 1 heterocycles. The van der Waals surface area contributed by atoms with Gasteiger partial charge < -0.3 is 9.84 Å². The van der Waals surface area contributed by atoms with Crippen LogP contribution in [0, 0.1) is 6.92 Å². The predicted molar refractivity (Wildman–Crippen MR) is 62.2 cm³/mol. The molecular weight excluding hydrogens is 220 g/mol. The zero-order chi connectivity index (χ0) is 12.9. The second-order valence-electron chi connectivity index (χ2n) is 4.07. The summed E-state index contributed by atoms with van der Waals surface area (Å²) in [6, 6.07) is 0. The van der Waals surface area contributed by atoms with Crippen LogP contribution < -0.4 is 0 Å². The Hall–Kier alpha value is -1.49. The van der Waals surface area contributed by atoms with E-state index >= 15 is 0 Å². The zero-order valence-corrected chi connectivity index (χ0v) is 10.4. The lowest BCUT2D eigenvalue weighted by Gasteiger charge is -2.23. The zero-order valence-electron chi connectivity index (χ0n) is 10.4. The summed E-state index contributed by atoms with van der Waals surface area (Å²) in [5.41, 5.74) is 0.0103. The van der Waals surface area contributed by atoms with Gasteiger partial charge in [0.2, 0.25) is 0 Å². The minimum Gasteiger partial charge on any atom is -0.466 e. The highest BCUT2D eigenvalue weighted by atomic mass is 16.5. The Morgan fingerprint density at radius 2 is 2.12 bits per heavy atom. The van der Waals surface area contributed by atoms with E-state index in [9.17, 15) is 9.90 Å². The van der Waals surface area contributed by atoms with Crippen molar-refractivity contribution in [2.75, 3.05) is 6.61 Å². The van der Waals surface area contributed by atoms with Crippen molar-refractivity contribution in [3.63, 3.8) is 0 Å². The number of aryl methyl sites for hydroxylation is 1. The molecule has 0 radical (unpaired) electrons. The van der Waals surface area contributed by atoms with Crippen LogP contribution in [-0.2, 0) is 15.1 Å². The van der Waals surface area contributed by atoms with Crippen LogP contribution in [0.4, 0.5) is 0 Å². The lowest BCUT2D eigenvalue weighted by Crippen LogP contribution is -2.25. The van der Waals surface area contributed by atoms with Crippen LogP contribution in [0.2, 0.25) is 0 Å². The molecule has 5 nitrogen and oxygen atoms in total. The van der Waals surface area contributed by atoms with E-state index in [1.54, 1.807) is 27.0 Å². The van der Waals surface area contributed by atoms with Crippen molar-refractivity contribution in [1.82, 2.24) is 9.97 Å². The lowest BCUT2D eigenvalue weighted by molar-refractivity contribution is -0.144. The molecule has 0 amide bonds. The van der Waals surface area contributed by atoms with E-state index in [4.69, 9.17) is 4.74 Å². The van der Waals surface area contributed by atoms with Gasteiger partial charge in [-0.2, -0.15) is 0 Å². The van der Waals surface area contributed by atoms with Gasteiger partial charge in [0.25, 0.3) is 0 Å². The van der Waals surface area contributed by atoms with Gasteiger partial charge in [-0.15, -0.1) is 0 Å². The highest BCUT2D eigenvalue weighted by molar-refractivity contribution is 5.69. The van der Waals surface area contributed by atoms with Crippen molar-refractivity contribution in [3.8, 4) is 0 Å². The van der Waals surface area contributed by atoms with Crippen molar-refractivity contribution in [3.05, 3.63) is 23.8 Å². The largest absolute Gasteiger partial charge is 0.466 e. The number of carbonyl (C=O) groups is 1. The van der Waals surface area contributed by atoms with Crippen molar-refractivity contribution >= 4 is 5.97 Å². The molecule has 17 heavy (non-hydrogen) atoms. The fraction of sp³-hybridized carbons (Fsp3) is 0.583. The number of carbonyl (C=O) groups excluding carboxylic acids is 1. The normalized spacial score (nSPS) is 14.1. The number of hydrogen-bond acceptors (Lipinski definition) is 5. The number of rotatable bonds is 5. The molecule has 0 bridgehead atoms. The summed E-state index contributed by atoms with van der Waals surface area (Å²) in [7, 11) is 0. The second kappa shape index (κ2) is 5.72. The van der Waals surface area contributed by atoms with Gasteiger partial charge in [0, 0.05) is 18.8 Å². The van der Waals surface area contributed by atoms with Gasteiger partial charge >= 0.3 is 5.97 Å². The smallest absolute Gasteiger partial charge is 0.305 e. The molecule has 1 atom stereocenters. The Morgan fingerprint density at radius 1 is 1.47 bits per heavy atom. The molecule has 0 aromatic carbocycles. The summed E-state index contributed by atoms with van der Waals surface area (Å²) >= 11 is 0. The van der Waals surface area contributed by atoms with E-state index in [0.29, 0.717) is 18.0 Å². The number of hydrogen-bond donors (Lipinski definition) is 1. The molecular formula is C12H18N2O3. The van der Waals surface area contributed by atoms with Gasteiger partial charge in [-0.3, -0.25) is 14.8 Å². The Balaban J connectivity index is 2.69. The van der Waals surface area contributed by atoms with Crippen molar-refractivity contribution in [2.24, 2.45) is 0 Å². The molecule has 94 valence electrons. The summed E-state index contributed by atoms with van der Waals surface area (Å²) in [5, 5.41) is 10.3. The number of aromatic nitrogens is 2. The monoisotopic (exact) mass is 238 g/mol.